The Hall–Kier alpha value is -4.36. The number of H-pyrrole nitrogens is 1. The van der Waals surface area contributed by atoms with Gasteiger partial charge in [0, 0.05) is 36.3 Å². The highest BCUT2D eigenvalue weighted by atomic mass is 16.5. The smallest absolute Gasteiger partial charge is 0.317 e. The molecule has 7 heteroatoms. The van der Waals surface area contributed by atoms with Gasteiger partial charge in [-0.3, -0.25) is 10.0 Å². The first-order valence-electron chi connectivity index (χ1n) is 13.0. The Kier molecular flexibility index (Phi) is 7.85. The minimum absolute atomic E-state index is 0.0225. The number of hydrogen-bond donors (Lipinski definition) is 4. The number of aryl methyl sites for hydroxylation is 1. The van der Waals surface area contributed by atoms with E-state index >= 15 is 0 Å². The molecule has 1 heterocycles. The van der Waals surface area contributed by atoms with Gasteiger partial charge in [-0.25, -0.2) is 10.3 Å². The van der Waals surface area contributed by atoms with Crippen LogP contribution in [0, 0.1) is 0 Å². The molecule has 194 valence electrons. The number of carbonyl (C=O) groups excluding carboxylic acids is 2. The van der Waals surface area contributed by atoms with Gasteiger partial charge < -0.3 is 15.2 Å². The fourth-order valence-corrected chi connectivity index (χ4v) is 5.29. The van der Waals surface area contributed by atoms with Crippen molar-refractivity contribution < 1.29 is 14.8 Å². The number of hydrogen-bond acceptors (Lipinski definition) is 3. The Morgan fingerprint density at radius 3 is 2.68 bits per heavy atom. The lowest BCUT2D eigenvalue weighted by molar-refractivity contribution is -0.124. The van der Waals surface area contributed by atoms with Crippen LogP contribution >= 0.6 is 0 Å². The average Bonchev–Trinajstić information content (AvgIpc) is 3.56. The van der Waals surface area contributed by atoms with Gasteiger partial charge in [0.15, 0.2) is 0 Å². The Bertz CT molecular complexity index is 1440. The summed E-state index contributed by atoms with van der Waals surface area (Å²) < 4.78 is 0. The maximum Gasteiger partial charge on any atom is 0.317 e. The molecule has 4 N–H and O–H groups in total. The number of nitrogens with one attached hydrogen (secondary N) is 3. The van der Waals surface area contributed by atoms with Crippen LogP contribution in [0.15, 0.2) is 85.1 Å². The number of urea groups is 1. The summed E-state index contributed by atoms with van der Waals surface area (Å²) >= 11 is 0. The zero-order chi connectivity index (χ0) is 26.3. The second kappa shape index (κ2) is 11.8. The highest BCUT2D eigenvalue weighted by Gasteiger charge is 2.31. The predicted octanol–water partition coefficient (Wildman–Crippen LogP) is 5.17. The van der Waals surface area contributed by atoms with E-state index in [1.807, 2.05) is 47.5 Å². The molecule has 4 aromatic rings. The third kappa shape index (κ3) is 5.79. The Labute approximate surface area is 222 Å². The minimum atomic E-state index is -0.570. The molecular formula is C31H32N4O3. The van der Waals surface area contributed by atoms with E-state index in [0.29, 0.717) is 13.1 Å². The molecule has 7 nitrogen and oxygen atoms in total. The summed E-state index contributed by atoms with van der Waals surface area (Å²) in [7, 11) is 0. The molecule has 3 amide bonds. The number of aromatic nitrogens is 1. The van der Waals surface area contributed by atoms with Gasteiger partial charge in [0.2, 0.25) is 0 Å². The lowest BCUT2D eigenvalue weighted by atomic mass is 10.0. The molecular weight excluding hydrogens is 476 g/mol. The summed E-state index contributed by atoms with van der Waals surface area (Å²) in [6, 6.07) is 24.4. The van der Waals surface area contributed by atoms with Crippen molar-refractivity contribution >= 4 is 28.9 Å². The quantitative estimate of drug-likeness (QED) is 0.143. The number of nitrogens with zero attached hydrogens (tertiary/aromatic N) is 1. The van der Waals surface area contributed by atoms with Gasteiger partial charge in [-0.05, 0) is 65.6 Å². The Balaban J connectivity index is 1.34. The number of rotatable bonds is 9. The Morgan fingerprint density at radius 1 is 1.03 bits per heavy atom. The number of amides is 3. The van der Waals surface area contributed by atoms with E-state index in [1.54, 1.807) is 11.6 Å². The zero-order valence-corrected chi connectivity index (χ0v) is 21.2. The number of benzene rings is 3. The highest BCUT2D eigenvalue weighted by molar-refractivity contribution is 5.90. The number of carbonyl (C=O) groups is 2. The van der Waals surface area contributed by atoms with E-state index in [9.17, 15) is 9.59 Å². The van der Waals surface area contributed by atoms with Gasteiger partial charge in [-0.15, -0.1) is 0 Å². The van der Waals surface area contributed by atoms with Gasteiger partial charge in [0.25, 0.3) is 5.91 Å². The summed E-state index contributed by atoms with van der Waals surface area (Å²) in [6.45, 7) is 1.17. The highest BCUT2D eigenvalue weighted by Crippen LogP contribution is 2.37. The fraction of sp³-hybridized carbons (Fsp3) is 0.226. The van der Waals surface area contributed by atoms with Crippen molar-refractivity contribution in [1.82, 2.24) is 20.7 Å². The van der Waals surface area contributed by atoms with Crippen LogP contribution in [0.3, 0.4) is 0 Å². The molecule has 1 aliphatic rings. The summed E-state index contributed by atoms with van der Waals surface area (Å²) in [4.78, 5) is 30.2. The molecule has 3 aromatic carbocycles. The van der Waals surface area contributed by atoms with E-state index in [1.165, 1.54) is 28.2 Å². The van der Waals surface area contributed by atoms with Gasteiger partial charge in [0.1, 0.15) is 0 Å². The van der Waals surface area contributed by atoms with Crippen LogP contribution in [-0.2, 0) is 24.1 Å². The molecule has 1 aliphatic carbocycles. The fourth-order valence-electron chi connectivity index (χ4n) is 5.29. The topological polar surface area (TPSA) is 97.5 Å². The number of para-hydroxylation sites is 1. The number of aromatic amines is 1. The van der Waals surface area contributed by atoms with Crippen LogP contribution in [0.5, 0.6) is 0 Å². The molecule has 0 fully saturated rings. The molecule has 0 spiro atoms. The lowest BCUT2D eigenvalue weighted by Crippen LogP contribution is -2.43. The van der Waals surface area contributed by atoms with Crippen molar-refractivity contribution in [2.45, 2.75) is 31.7 Å². The van der Waals surface area contributed by atoms with Gasteiger partial charge in [0.05, 0.1) is 6.04 Å². The molecule has 0 bridgehead atoms. The van der Waals surface area contributed by atoms with Gasteiger partial charge in [-0.2, -0.15) is 0 Å². The molecule has 0 aliphatic heterocycles. The van der Waals surface area contributed by atoms with Crippen LogP contribution in [-0.4, -0.2) is 40.1 Å². The van der Waals surface area contributed by atoms with E-state index < -0.39 is 5.91 Å². The number of fused-ring (bicyclic) bond motifs is 2. The van der Waals surface area contributed by atoms with E-state index in [2.05, 4.69) is 46.7 Å². The maximum absolute atomic E-state index is 13.6. The SMILES string of the molecule is O=C(/C=C/c1ccc2c(c1)CCC2N(CCc1c[nH]c2ccccc12)C(=O)NCCc1ccccc1)NO. The summed E-state index contributed by atoms with van der Waals surface area (Å²) in [6.07, 6.45) is 8.24. The largest absolute Gasteiger partial charge is 0.361 e. The van der Waals surface area contributed by atoms with Crippen molar-refractivity contribution in [3.8, 4) is 0 Å². The second-order valence-corrected chi connectivity index (χ2v) is 9.59. The molecule has 1 aromatic heterocycles. The van der Waals surface area contributed by atoms with E-state index in [4.69, 9.17) is 5.21 Å². The van der Waals surface area contributed by atoms with Crippen LogP contribution in [0.4, 0.5) is 4.79 Å². The molecule has 38 heavy (non-hydrogen) atoms. The summed E-state index contributed by atoms with van der Waals surface area (Å²) in [5, 5.41) is 13.1. The van der Waals surface area contributed by atoms with E-state index in [0.717, 1.165) is 42.3 Å². The average molecular weight is 509 g/mol. The van der Waals surface area contributed by atoms with Crippen LogP contribution < -0.4 is 10.8 Å². The first kappa shape index (κ1) is 25.3. The van der Waals surface area contributed by atoms with Crippen LogP contribution in [0.2, 0.25) is 0 Å². The Morgan fingerprint density at radius 2 is 1.84 bits per heavy atom. The number of hydroxylamine groups is 1. The van der Waals surface area contributed by atoms with Crippen LogP contribution in [0.25, 0.3) is 17.0 Å². The lowest BCUT2D eigenvalue weighted by Gasteiger charge is -2.30. The molecule has 0 saturated carbocycles. The van der Waals surface area contributed by atoms with Crippen molar-refractivity contribution in [3.63, 3.8) is 0 Å². The predicted molar refractivity (Wildman–Crippen MR) is 149 cm³/mol. The van der Waals surface area contributed by atoms with Gasteiger partial charge in [-0.1, -0.05) is 66.7 Å². The second-order valence-electron chi connectivity index (χ2n) is 9.59. The molecule has 0 saturated heterocycles. The molecule has 5 rings (SSSR count). The maximum atomic E-state index is 13.6. The normalized spacial score (nSPS) is 14.5. The monoisotopic (exact) mass is 508 g/mol. The third-order valence-electron chi connectivity index (χ3n) is 7.22. The third-order valence-corrected chi connectivity index (χ3v) is 7.22. The summed E-state index contributed by atoms with van der Waals surface area (Å²) in [5.41, 5.74) is 8.30. The zero-order valence-electron chi connectivity index (χ0n) is 21.2. The molecule has 0 radical (unpaired) electrons. The van der Waals surface area contributed by atoms with Crippen molar-refractivity contribution in [3.05, 3.63) is 113 Å². The standard InChI is InChI=1S/C31H32N4O3/c36-30(34-38)15-11-23-10-13-27-24(20-23)12-14-29(27)35(31(37)32-18-16-22-6-2-1-3-7-22)19-17-25-21-33-28-9-5-4-8-26(25)28/h1-11,13,15,20-21,29,33,38H,12,14,16-19H2,(H,32,37)(H,34,36)/b15-11+. The van der Waals surface area contributed by atoms with Crippen LogP contribution in [0.1, 0.15) is 40.3 Å². The van der Waals surface area contributed by atoms with Gasteiger partial charge >= 0.3 is 6.03 Å². The summed E-state index contributed by atoms with van der Waals surface area (Å²) in [5.74, 6) is -0.570. The first-order valence-corrected chi connectivity index (χ1v) is 13.0. The van der Waals surface area contributed by atoms with Crippen molar-refractivity contribution in [2.75, 3.05) is 13.1 Å². The minimum Gasteiger partial charge on any atom is -0.361 e. The first-order chi connectivity index (χ1) is 18.6. The molecule has 1 atom stereocenters. The van der Waals surface area contributed by atoms with Crippen molar-refractivity contribution in [2.24, 2.45) is 0 Å². The molecule has 1 unspecified atom stereocenters. The van der Waals surface area contributed by atoms with Crippen molar-refractivity contribution in [1.29, 1.82) is 0 Å². The van der Waals surface area contributed by atoms with E-state index in [-0.39, 0.29) is 12.1 Å².